The van der Waals surface area contributed by atoms with Crippen LogP contribution in [0, 0.1) is 0 Å². The van der Waals surface area contributed by atoms with Gasteiger partial charge in [0.2, 0.25) is 0 Å². The molecule has 0 radical (unpaired) electrons. The lowest BCUT2D eigenvalue weighted by molar-refractivity contribution is 0.414. The van der Waals surface area contributed by atoms with Crippen LogP contribution in [0.1, 0.15) is 24.5 Å². The lowest BCUT2D eigenvalue weighted by atomic mass is 9.96. The molecule has 0 bridgehead atoms. The largest absolute Gasteiger partial charge is 0.495 e. The van der Waals surface area contributed by atoms with Crippen molar-refractivity contribution in [3.63, 3.8) is 0 Å². The molecule has 2 aromatic rings. The van der Waals surface area contributed by atoms with Crippen molar-refractivity contribution >= 4 is 11.6 Å². The molecule has 1 fully saturated rings. The number of halogens is 1. The molecule has 106 valence electrons. The van der Waals surface area contributed by atoms with Crippen LogP contribution in [-0.4, -0.2) is 29.8 Å². The second-order valence-electron chi connectivity index (χ2n) is 5.05. The highest BCUT2D eigenvalue weighted by atomic mass is 35.5. The van der Waals surface area contributed by atoms with Crippen LogP contribution >= 0.6 is 11.6 Å². The van der Waals surface area contributed by atoms with Gasteiger partial charge in [-0.05, 0) is 31.5 Å². The van der Waals surface area contributed by atoms with E-state index in [9.17, 15) is 0 Å². The molecule has 5 heteroatoms. The van der Waals surface area contributed by atoms with Crippen molar-refractivity contribution in [3.8, 4) is 11.4 Å². The van der Waals surface area contributed by atoms with Crippen molar-refractivity contribution in [2.75, 3.05) is 20.2 Å². The fraction of sp³-hybridized carbons (Fsp3) is 0.400. The van der Waals surface area contributed by atoms with E-state index in [0.29, 0.717) is 16.7 Å². The summed E-state index contributed by atoms with van der Waals surface area (Å²) >= 11 is 6.09. The van der Waals surface area contributed by atoms with Crippen molar-refractivity contribution in [3.05, 3.63) is 41.4 Å². The van der Waals surface area contributed by atoms with Gasteiger partial charge in [-0.15, -0.1) is 0 Å². The maximum Gasteiger partial charge on any atom is 0.139 e. The summed E-state index contributed by atoms with van der Waals surface area (Å²) in [6, 6.07) is 5.80. The van der Waals surface area contributed by atoms with Crippen molar-refractivity contribution < 1.29 is 4.74 Å². The van der Waals surface area contributed by atoms with E-state index >= 15 is 0 Å². The van der Waals surface area contributed by atoms with Crippen LogP contribution in [0.3, 0.4) is 0 Å². The minimum Gasteiger partial charge on any atom is -0.495 e. The van der Waals surface area contributed by atoms with E-state index < -0.39 is 0 Å². The Hall–Kier alpha value is -1.52. The first kappa shape index (κ1) is 13.5. The molecule has 1 atom stereocenters. The number of nitrogens with zero attached hydrogens (tertiary/aromatic N) is 2. The molecule has 0 aliphatic carbocycles. The molecule has 3 rings (SSSR count). The molecule has 1 aliphatic rings. The summed E-state index contributed by atoms with van der Waals surface area (Å²) < 4.78 is 7.41. The molecular weight excluding hydrogens is 274 g/mol. The maximum absolute atomic E-state index is 6.09. The Morgan fingerprint density at radius 2 is 2.35 bits per heavy atom. The van der Waals surface area contributed by atoms with E-state index in [0.717, 1.165) is 18.8 Å². The number of piperidine rings is 1. The molecule has 0 amide bonds. The summed E-state index contributed by atoms with van der Waals surface area (Å²) in [5.41, 5.74) is 2.27. The zero-order valence-electron chi connectivity index (χ0n) is 11.5. The molecule has 1 unspecified atom stereocenters. The van der Waals surface area contributed by atoms with E-state index in [1.165, 1.54) is 18.5 Å². The predicted octanol–water partition coefficient (Wildman–Crippen LogP) is 3.00. The first-order valence-corrected chi connectivity index (χ1v) is 7.24. The van der Waals surface area contributed by atoms with Gasteiger partial charge in [0.1, 0.15) is 5.75 Å². The minimum atomic E-state index is 0.507. The Kier molecular flexibility index (Phi) is 3.94. The quantitative estimate of drug-likeness (QED) is 0.945. The van der Waals surface area contributed by atoms with E-state index in [1.54, 1.807) is 7.11 Å². The number of benzene rings is 1. The fourth-order valence-electron chi connectivity index (χ4n) is 2.73. The highest BCUT2D eigenvalue weighted by Gasteiger charge is 2.19. The molecule has 0 saturated carbocycles. The number of rotatable bonds is 3. The monoisotopic (exact) mass is 291 g/mol. The average molecular weight is 292 g/mol. The van der Waals surface area contributed by atoms with Gasteiger partial charge >= 0.3 is 0 Å². The lowest BCUT2D eigenvalue weighted by Crippen LogP contribution is -2.29. The van der Waals surface area contributed by atoms with Crippen LogP contribution < -0.4 is 10.1 Å². The number of imidazole rings is 1. The number of methoxy groups -OCH3 is 1. The summed E-state index contributed by atoms with van der Waals surface area (Å²) in [6.45, 7) is 2.12. The molecule has 1 aromatic heterocycles. The van der Waals surface area contributed by atoms with Gasteiger partial charge in [0.15, 0.2) is 0 Å². The van der Waals surface area contributed by atoms with E-state index in [-0.39, 0.29) is 0 Å². The summed E-state index contributed by atoms with van der Waals surface area (Å²) in [4.78, 5) is 4.31. The Bertz CT molecular complexity index is 591. The Morgan fingerprint density at radius 3 is 3.10 bits per heavy atom. The van der Waals surface area contributed by atoms with Gasteiger partial charge in [-0.3, -0.25) is 0 Å². The summed E-state index contributed by atoms with van der Waals surface area (Å²) in [6.07, 6.45) is 6.22. The van der Waals surface area contributed by atoms with Crippen molar-refractivity contribution in [2.24, 2.45) is 0 Å². The standard InChI is InChI=1S/C15H18ClN3O/c1-20-15-7-12(4-5-13(15)16)19-10-18-9-14(19)11-3-2-6-17-8-11/h4-5,7,9-11,17H,2-3,6,8H2,1H3. The Balaban J connectivity index is 1.96. The van der Waals surface area contributed by atoms with E-state index in [1.807, 2.05) is 30.7 Å². The molecule has 1 aromatic carbocycles. The van der Waals surface area contributed by atoms with Crippen molar-refractivity contribution in [1.29, 1.82) is 0 Å². The molecule has 1 N–H and O–H groups in total. The molecule has 1 saturated heterocycles. The SMILES string of the molecule is COc1cc(-n2cncc2C2CCCNC2)ccc1Cl. The second kappa shape index (κ2) is 5.85. The third kappa shape index (κ3) is 2.53. The first-order chi connectivity index (χ1) is 9.79. The number of nitrogens with one attached hydrogen (secondary N) is 1. The second-order valence-corrected chi connectivity index (χ2v) is 5.46. The van der Waals surface area contributed by atoms with Crippen LogP contribution in [-0.2, 0) is 0 Å². The molecule has 20 heavy (non-hydrogen) atoms. The van der Waals surface area contributed by atoms with Crippen molar-refractivity contribution in [1.82, 2.24) is 14.9 Å². The van der Waals surface area contributed by atoms with E-state index in [4.69, 9.17) is 16.3 Å². The van der Waals surface area contributed by atoms with Gasteiger partial charge in [-0.25, -0.2) is 4.98 Å². The fourth-order valence-corrected chi connectivity index (χ4v) is 2.92. The first-order valence-electron chi connectivity index (χ1n) is 6.86. The minimum absolute atomic E-state index is 0.507. The van der Waals surface area contributed by atoms with Crippen molar-refractivity contribution in [2.45, 2.75) is 18.8 Å². The van der Waals surface area contributed by atoms with Gasteiger partial charge in [0.05, 0.1) is 24.1 Å². The van der Waals surface area contributed by atoms with Crippen LogP contribution in [0.4, 0.5) is 0 Å². The molecule has 2 heterocycles. The highest BCUT2D eigenvalue weighted by molar-refractivity contribution is 6.32. The van der Waals surface area contributed by atoms with Crippen LogP contribution in [0.2, 0.25) is 5.02 Å². The lowest BCUT2D eigenvalue weighted by Gasteiger charge is -2.24. The summed E-state index contributed by atoms with van der Waals surface area (Å²) in [7, 11) is 1.63. The summed E-state index contributed by atoms with van der Waals surface area (Å²) in [5, 5.41) is 4.07. The average Bonchev–Trinajstić information content (AvgIpc) is 2.98. The third-order valence-electron chi connectivity index (χ3n) is 3.80. The Morgan fingerprint density at radius 1 is 1.45 bits per heavy atom. The maximum atomic E-state index is 6.09. The normalized spacial score (nSPS) is 19.0. The molecule has 0 spiro atoms. The predicted molar refractivity (Wildman–Crippen MR) is 80.0 cm³/mol. The van der Waals surface area contributed by atoms with Gasteiger partial charge in [0, 0.05) is 30.4 Å². The Labute approximate surface area is 123 Å². The molecular formula is C15H18ClN3O. The number of ether oxygens (including phenoxy) is 1. The zero-order valence-corrected chi connectivity index (χ0v) is 12.2. The zero-order chi connectivity index (χ0) is 13.9. The topological polar surface area (TPSA) is 39.1 Å². The molecule has 1 aliphatic heterocycles. The van der Waals surface area contributed by atoms with E-state index in [2.05, 4.69) is 14.9 Å². The smallest absolute Gasteiger partial charge is 0.139 e. The number of hydrogen-bond donors (Lipinski definition) is 1. The van der Waals surface area contributed by atoms with Crippen LogP contribution in [0.5, 0.6) is 5.75 Å². The summed E-state index contributed by atoms with van der Waals surface area (Å²) in [5.74, 6) is 1.19. The van der Waals surface area contributed by atoms with Gasteiger partial charge in [-0.2, -0.15) is 0 Å². The molecule has 4 nitrogen and oxygen atoms in total. The number of aromatic nitrogens is 2. The third-order valence-corrected chi connectivity index (χ3v) is 4.11. The van der Waals surface area contributed by atoms with Crippen LogP contribution in [0.15, 0.2) is 30.7 Å². The highest BCUT2D eigenvalue weighted by Crippen LogP contribution is 2.30. The van der Waals surface area contributed by atoms with Crippen LogP contribution in [0.25, 0.3) is 5.69 Å². The van der Waals surface area contributed by atoms with Gasteiger partial charge in [0.25, 0.3) is 0 Å². The van der Waals surface area contributed by atoms with Gasteiger partial charge in [-0.1, -0.05) is 11.6 Å². The van der Waals surface area contributed by atoms with Gasteiger partial charge < -0.3 is 14.6 Å². The number of hydrogen-bond acceptors (Lipinski definition) is 3.